The van der Waals surface area contributed by atoms with Crippen LogP contribution in [-0.2, 0) is 16.9 Å². The largest absolute Gasteiger partial charge is 0.425 e. The second-order valence-corrected chi connectivity index (χ2v) is 8.12. The second kappa shape index (κ2) is 7.37. The molecular formula is C20H17F3N4O2S. The molecule has 6 nitrogen and oxygen atoms in total. The summed E-state index contributed by atoms with van der Waals surface area (Å²) in [6, 6.07) is 13.1. The Hall–Kier alpha value is -2.98. The number of aromatic nitrogens is 1. The van der Waals surface area contributed by atoms with Gasteiger partial charge < -0.3 is 5.32 Å². The van der Waals surface area contributed by atoms with Gasteiger partial charge in [-0.2, -0.15) is 13.2 Å². The normalized spacial score (nSPS) is 19.7. The maximum atomic E-state index is 14.0. The minimum Gasteiger partial charge on any atom is -0.312 e. The summed E-state index contributed by atoms with van der Waals surface area (Å²) in [6.45, 7) is -0.0218. The molecule has 1 N–H and O–H groups in total. The summed E-state index contributed by atoms with van der Waals surface area (Å²) >= 11 is 1.45. The van der Waals surface area contributed by atoms with Crippen molar-refractivity contribution in [3.05, 3.63) is 65.2 Å². The van der Waals surface area contributed by atoms with Crippen LogP contribution >= 0.6 is 11.3 Å². The molecule has 1 aliphatic rings. The molecule has 0 bridgehead atoms. The number of urea groups is 1. The molecule has 0 aliphatic carbocycles. The number of nitrogens with zero attached hydrogens (tertiary/aromatic N) is 3. The summed E-state index contributed by atoms with van der Waals surface area (Å²) in [5.41, 5.74) is -2.60. The molecule has 0 saturated carbocycles. The van der Waals surface area contributed by atoms with E-state index in [9.17, 15) is 22.8 Å². The van der Waals surface area contributed by atoms with Gasteiger partial charge in [-0.05, 0) is 24.7 Å². The first-order valence-corrected chi connectivity index (χ1v) is 9.83. The molecule has 3 aromatic rings. The van der Waals surface area contributed by atoms with Crippen LogP contribution in [0.1, 0.15) is 10.6 Å². The zero-order valence-corrected chi connectivity index (χ0v) is 16.6. The third kappa shape index (κ3) is 3.31. The summed E-state index contributed by atoms with van der Waals surface area (Å²) in [4.78, 5) is 31.9. The van der Waals surface area contributed by atoms with E-state index >= 15 is 0 Å². The standard InChI is InChI=1S/C20H17F3N4O2S/c1-26(11-16-24-14-9-5-6-10-15(14)30-16)12-27-17(28)19(20(21,22)23,25-18(27)29)13-7-3-2-4-8-13/h2-10H,11-12H2,1H3,(H,25,29). The van der Waals surface area contributed by atoms with Crippen molar-refractivity contribution in [1.29, 1.82) is 0 Å². The van der Waals surface area contributed by atoms with Crippen molar-refractivity contribution in [3.8, 4) is 0 Å². The Labute approximate surface area is 173 Å². The van der Waals surface area contributed by atoms with Crippen molar-refractivity contribution in [2.45, 2.75) is 18.3 Å². The molecule has 4 rings (SSSR count). The van der Waals surface area contributed by atoms with E-state index in [1.807, 2.05) is 29.6 Å². The van der Waals surface area contributed by atoms with Crippen molar-refractivity contribution in [3.63, 3.8) is 0 Å². The van der Waals surface area contributed by atoms with Gasteiger partial charge in [0, 0.05) is 0 Å². The van der Waals surface area contributed by atoms with Crippen LogP contribution in [0.25, 0.3) is 10.2 Å². The van der Waals surface area contributed by atoms with Gasteiger partial charge in [0.15, 0.2) is 0 Å². The first-order valence-electron chi connectivity index (χ1n) is 9.02. The number of halogens is 3. The van der Waals surface area contributed by atoms with Crippen LogP contribution in [0, 0.1) is 0 Å². The number of amides is 3. The molecule has 1 atom stereocenters. The number of nitrogens with one attached hydrogen (secondary N) is 1. The average Bonchev–Trinajstić information content (AvgIpc) is 3.21. The number of carbonyl (C=O) groups is 2. The number of benzene rings is 2. The number of imide groups is 1. The van der Waals surface area contributed by atoms with Gasteiger partial charge in [0.05, 0.1) is 23.4 Å². The van der Waals surface area contributed by atoms with Gasteiger partial charge in [0.2, 0.25) is 5.54 Å². The molecule has 2 heterocycles. The van der Waals surface area contributed by atoms with Gasteiger partial charge in [-0.25, -0.2) is 14.7 Å². The smallest absolute Gasteiger partial charge is 0.312 e. The SMILES string of the molecule is CN(Cc1nc2ccccc2s1)CN1C(=O)NC(c2ccccc2)(C(F)(F)F)C1=O. The average molecular weight is 434 g/mol. The Morgan fingerprint density at radius 3 is 2.43 bits per heavy atom. The first-order chi connectivity index (χ1) is 14.2. The quantitative estimate of drug-likeness (QED) is 0.622. The fourth-order valence-corrected chi connectivity index (χ4v) is 4.50. The fraction of sp³-hybridized carbons (Fsp3) is 0.250. The highest BCUT2D eigenvalue weighted by atomic mass is 32.1. The molecular weight excluding hydrogens is 417 g/mol. The molecule has 1 unspecified atom stereocenters. The highest BCUT2D eigenvalue weighted by molar-refractivity contribution is 7.18. The minimum atomic E-state index is -5.00. The maximum absolute atomic E-state index is 14.0. The zero-order chi connectivity index (χ0) is 21.5. The van der Waals surface area contributed by atoms with E-state index < -0.39 is 23.7 Å². The van der Waals surface area contributed by atoms with Crippen LogP contribution in [0.2, 0.25) is 0 Å². The van der Waals surface area contributed by atoms with Crippen LogP contribution in [0.5, 0.6) is 0 Å². The lowest BCUT2D eigenvalue weighted by Crippen LogP contribution is -2.56. The van der Waals surface area contributed by atoms with E-state index in [0.717, 1.165) is 15.2 Å². The van der Waals surface area contributed by atoms with Crippen molar-refractivity contribution in [2.75, 3.05) is 13.7 Å². The molecule has 156 valence electrons. The van der Waals surface area contributed by atoms with Crippen molar-refractivity contribution in [2.24, 2.45) is 0 Å². The minimum absolute atomic E-state index is 0.279. The highest BCUT2D eigenvalue weighted by Gasteiger charge is 2.68. The van der Waals surface area contributed by atoms with Crippen LogP contribution in [0.3, 0.4) is 0 Å². The van der Waals surface area contributed by atoms with Crippen molar-refractivity contribution < 1.29 is 22.8 Å². The van der Waals surface area contributed by atoms with Gasteiger partial charge in [-0.1, -0.05) is 42.5 Å². The van der Waals surface area contributed by atoms with E-state index in [1.165, 1.54) is 35.6 Å². The van der Waals surface area contributed by atoms with Gasteiger partial charge in [0.1, 0.15) is 5.01 Å². The van der Waals surface area contributed by atoms with Gasteiger partial charge in [-0.3, -0.25) is 9.69 Å². The van der Waals surface area contributed by atoms with Crippen LogP contribution < -0.4 is 5.32 Å². The first kappa shape index (κ1) is 20.3. The molecule has 1 saturated heterocycles. The molecule has 1 fully saturated rings. The van der Waals surface area contributed by atoms with Crippen molar-refractivity contribution in [1.82, 2.24) is 20.1 Å². The Kier molecular flexibility index (Phi) is 4.99. The predicted octanol–water partition coefficient (Wildman–Crippen LogP) is 3.70. The Bertz CT molecular complexity index is 1070. The van der Waals surface area contributed by atoms with Gasteiger partial charge >= 0.3 is 12.2 Å². The zero-order valence-electron chi connectivity index (χ0n) is 15.8. The summed E-state index contributed by atoms with van der Waals surface area (Å²) in [7, 11) is 1.61. The molecule has 1 aliphatic heterocycles. The molecule has 1 aromatic heterocycles. The number of carbonyl (C=O) groups excluding carboxylic acids is 2. The number of hydrogen-bond acceptors (Lipinski definition) is 5. The van der Waals surface area contributed by atoms with E-state index in [0.29, 0.717) is 4.90 Å². The van der Waals surface area contributed by atoms with Crippen LogP contribution in [0.15, 0.2) is 54.6 Å². The molecule has 30 heavy (non-hydrogen) atoms. The summed E-state index contributed by atoms with van der Waals surface area (Å²) in [6.07, 6.45) is -5.00. The number of alkyl halides is 3. The molecule has 3 amide bonds. The van der Waals surface area contributed by atoms with Crippen LogP contribution in [0.4, 0.5) is 18.0 Å². The lowest BCUT2D eigenvalue weighted by molar-refractivity contribution is -0.198. The summed E-state index contributed by atoms with van der Waals surface area (Å²) < 4.78 is 43.0. The summed E-state index contributed by atoms with van der Waals surface area (Å²) in [5.74, 6) is -1.35. The lowest BCUT2D eigenvalue weighted by Gasteiger charge is -2.30. The topological polar surface area (TPSA) is 65.5 Å². The molecule has 10 heteroatoms. The van der Waals surface area contributed by atoms with Gasteiger partial charge in [0.25, 0.3) is 5.91 Å². The number of hydrogen-bond donors (Lipinski definition) is 1. The number of rotatable bonds is 5. The Balaban J connectivity index is 1.57. The van der Waals surface area contributed by atoms with E-state index in [-0.39, 0.29) is 18.8 Å². The number of para-hydroxylation sites is 1. The van der Waals surface area contributed by atoms with Crippen LogP contribution in [-0.4, -0.2) is 46.6 Å². The van der Waals surface area contributed by atoms with Crippen molar-refractivity contribution >= 4 is 33.5 Å². The van der Waals surface area contributed by atoms with Gasteiger partial charge in [-0.15, -0.1) is 11.3 Å². The molecule has 0 radical (unpaired) electrons. The third-order valence-electron chi connectivity index (χ3n) is 4.86. The third-order valence-corrected chi connectivity index (χ3v) is 5.88. The monoisotopic (exact) mass is 434 g/mol. The Morgan fingerprint density at radius 2 is 1.77 bits per heavy atom. The summed E-state index contributed by atoms with van der Waals surface area (Å²) in [5, 5.41) is 2.62. The molecule has 0 spiro atoms. The van der Waals surface area contributed by atoms with E-state index in [4.69, 9.17) is 0 Å². The number of fused-ring (bicyclic) bond motifs is 1. The predicted molar refractivity (Wildman–Crippen MR) is 106 cm³/mol. The fourth-order valence-electron chi connectivity index (χ4n) is 3.45. The number of thiazole rings is 1. The maximum Gasteiger partial charge on any atom is 0.425 e. The lowest BCUT2D eigenvalue weighted by atomic mass is 9.89. The highest BCUT2D eigenvalue weighted by Crippen LogP contribution is 2.43. The Morgan fingerprint density at radius 1 is 1.10 bits per heavy atom. The molecule has 2 aromatic carbocycles. The second-order valence-electron chi connectivity index (χ2n) is 7.01. The van der Waals surface area contributed by atoms with E-state index in [1.54, 1.807) is 18.0 Å². The van der Waals surface area contributed by atoms with E-state index in [2.05, 4.69) is 4.98 Å².